The Morgan fingerprint density at radius 1 is 1.07 bits per heavy atom. The molecule has 0 spiro atoms. The molecule has 0 bridgehead atoms. The number of rotatable bonds is 3. The summed E-state index contributed by atoms with van der Waals surface area (Å²) in [7, 11) is 1.54. The van der Waals surface area contributed by atoms with Crippen molar-refractivity contribution in [1.29, 1.82) is 0 Å². The van der Waals surface area contributed by atoms with Crippen LogP contribution in [0.3, 0.4) is 0 Å². The lowest BCUT2D eigenvalue weighted by Gasteiger charge is -2.33. The molecule has 3 aromatic rings. The number of carbonyl (C=O) groups is 2. The van der Waals surface area contributed by atoms with Crippen molar-refractivity contribution in [2.45, 2.75) is 6.10 Å². The highest BCUT2D eigenvalue weighted by molar-refractivity contribution is 6.06. The van der Waals surface area contributed by atoms with Crippen LogP contribution in [0.5, 0.6) is 5.75 Å². The van der Waals surface area contributed by atoms with E-state index in [2.05, 4.69) is 10.4 Å². The molecule has 0 unspecified atom stereocenters. The number of nitrogens with one attached hydrogen (secondary N) is 1. The normalized spacial score (nSPS) is 15.6. The summed E-state index contributed by atoms with van der Waals surface area (Å²) in [5.74, 6) is -0.0698. The lowest BCUT2D eigenvalue weighted by atomic mass is 10.1. The summed E-state index contributed by atoms with van der Waals surface area (Å²) >= 11 is 0. The van der Waals surface area contributed by atoms with Gasteiger partial charge < -0.3 is 10.1 Å². The zero-order valence-electron chi connectivity index (χ0n) is 14.7. The van der Waals surface area contributed by atoms with Gasteiger partial charge in [0, 0.05) is 13.2 Å². The van der Waals surface area contributed by atoms with E-state index >= 15 is 0 Å². The molecule has 7 nitrogen and oxygen atoms in total. The Hall–Kier alpha value is -3.61. The Morgan fingerprint density at radius 2 is 1.81 bits per heavy atom. The Balaban J connectivity index is 1.66. The third-order valence-electron chi connectivity index (χ3n) is 4.39. The van der Waals surface area contributed by atoms with Crippen LogP contribution in [-0.2, 0) is 4.79 Å². The van der Waals surface area contributed by atoms with Gasteiger partial charge in [0.1, 0.15) is 5.75 Å². The van der Waals surface area contributed by atoms with E-state index in [0.29, 0.717) is 17.1 Å². The second kappa shape index (κ2) is 6.95. The number of hydrogen-bond acceptors (Lipinski definition) is 4. The number of hydrogen-bond donors (Lipinski definition) is 1. The SMILES string of the molecule is CNC(=O)[C@H]1CN(C(=O)c2ccn(-c3ccccc3)n2)c2ccccc2O1. The van der Waals surface area contributed by atoms with Gasteiger partial charge in [-0.1, -0.05) is 30.3 Å². The van der Waals surface area contributed by atoms with Crippen LogP contribution in [0.25, 0.3) is 5.69 Å². The standard InChI is InChI=1S/C20H18N4O3/c1-21-19(25)18-13-23(16-9-5-6-10-17(16)27-18)20(26)15-11-12-24(22-15)14-7-3-2-4-8-14/h2-12,18H,13H2,1H3,(H,21,25)/t18-/m1/s1. The molecule has 1 aromatic heterocycles. The average Bonchev–Trinajstić information content (AvgIpc) is 3.22. The summed E-state index contributed by atoms with van der Waals surface area (Å²) in [5, 5.41) is 6.97. The first-order valence-corrected chi connectivity index (χ1v) is 8.57. The van der Waals surface area contributed by atoms with Crippen LogP contribution < -0.4 is 15.0 Å². The fourth-order valence-electron chi connectivity index (χ4n) is 3.03. The largest absolute Gasteiger partial charge is 0.477 e. The van der Waals surface area contributed by atoms with E-state index in [0.717, 1.165) is 5.69 Å². The monoisotopic (exact) mass is 362 g/mol. The molecule has 1 atom stereocenters. The third-order valence-corrected chi connectivity index (χ3v) is 4.39. The van der Waals surface area contributed by atoms with Crippen LogP contribution >= 0.6 is 0 Å². The number of benzene rings is 2. The lowest BCUT2D eigenvalue weighted by Crippen LogP contribution is -2.50. The molecule has 0 saturated heterocycles. The lowest BCUT2D eigenvalue weighted by molar-refractivity contribution is -0.127. The van der Waals surface area contributed by atoms with Crippen molar-refractivity contribution in [2.24, 2.45) is 0 Å². The second-order valence-electron chi connectivity index (χ2n) is 6.09. The third kappa shape index (κ3) is 3.15. The maximum atomic E-state index is 13.1. The van der Waals surface area contributed by atoms with Crippen LogP contribution in [0.4, 0.5) is 5.69 Å². The van der Waals surface area contributed by atoms with Crippen LogP contribution in [-0.4, -0.2) is 41.3 Å². The predicted molar refractivity (Wildman–Crippen MR) is 100 cm³/mol. The number of carbonyl (C=O) groups excluding carboxylic acids is 2. The molecule has 0 saturated carbocycles. The van der Waals surface area contributed by atoms with Crippen LogP contribution in [0, 0.1) is 0 Å². The predicted octanol–water partition coefficient (Wildman–Crippen LogP) is 2.03. The van der Waals surface area contributed by atoms with Gasteiger partial charge in [0.05, 0.1) is 17.9 Å². The fraction of sp³-hybridized carbons (Fsp3) is 0.150. The van der Waals surface area contributed by atoms with E-state index in [1.165, 1.54) is 4.90 Å². The molecule has 1 N–H and O–H groups in total. The highest BCUT2D eigenvalue weighted by Gasteiger charge is 2.34. The number of likely N-dealkylation sites (N-methyl/N-ethyl adjacent to an activating group) is 1. The van der Waals surface area contributed by atoms with E-state index in [9.17, 15) is 9.59 Å². The van der Waals surface area contributed by atoms with Gasteiger partial charge in [0.25, 0.3) is 11.8 Å². The first kappa shape index (κ1) is 16.8. The molecule has 7 heteroatoms. The Morgan fingerprint density at radius 3 is 2.59 bits per heavy atom. The van der Waals surface area contributed by atoms with Crippen molar-refractivity contribution in [1.82, 2.24) is 15.1 Å². The van der Waals surface area contributed by atoms with Gasteiger partial charge in [-0.2, -0.15) is 5.10 Å². The molecule has 4 rings (SSSR count). The van der Waals surface area contributed by atoms with Gasteiger partial charge in [-0.25, -0.2) is 4.68 Å². The van der Waals surface area contributed by atoms with Gasteiger partial charge in [-0.15, -0.1) is 0 Å². The van der Waals surface area contributed by atoms with E-state index in [1.807, 2.05) is 36.4 Å². The van der Waals surface area contributed by atoms with Crippen molar-refractivity contribution >= 4 is 17.5 Å². The van der Waals surface area contributed by atoms with Gasteiger partial charge in [-0.05, 0) is 30.3 Å². The van der Waals surface area contributed by atoms with Gasteiger partial charge in [0.15, 0.2) is 11.8 Å². The summed E-state index contributed by atoms with van der Waals surface area (Å²) in [6, 6.07) is 18.4. The van der Waals surface area contributed by atoms with Crippen molar-refractivity contribution in [3.63, 3.8) is 0 Å². The minimum Gasteiger partial charge on any atom is -0.477 e. The maximum Gasteiger partial charge on any atom is 0.279 e. The molecule has 1 aliphatic heterocycles. The highest BCUT2D eigenvalue weighted by Crippen LogP contribution is 2.34. The number of aromatic nitrogens is 2. The summed E-state index contributed by atoms with van der Waals surface area (Å²) in [4.78, 5) is 26.7. The molecule has 0 radical (unpaired) electrons. The molecule has 0 aliphatic carbocycles. The van der Waals surface area contributed by atoms with Gasteiger partial charge >= 0.3 is 0 Å². The molecule has 1 aliphatic rings. The maximum absolute atomic E-state index is 13.1. The number of amides is 2. The van der Waals surface area contributed by atoms with Gasteiger partial charge in [-0.3, -0.25) is 14.5 Å². The van der Waals surface area contributed by atoms with Gasteiger partial charge in [0.2, 0.25) is 0 Å². The van der Waals surface area contributed by atoms with Crippen LogP contribution in [0.15, 0.2) is 66.9 Å². The smallest absolute Gasteiger partial charge is 0.279 e. The van der Waals surface area contributed by atoms with Crippen molar-refractivity contribution in [3.8, 4) is 11.4 Å². The molecular weight excluding hydrogens is 344 g/mol. The van der Waals surface area contributed by atoms with Crippen LogP contribution in [0.2, 0.25) is 0 Å². The summed E-state index contributed by atoms with van der Waals surface area (Å²) in [6.07, 6.45) is 0.968. The summed E-state index contributed by atoms with van der Waals surface area (Å²) in [5.41, 5.74) is 1.78. The van der Waals surface area contributed by atoms with Crippen molar-refractivity contribution in [3.05, 3.63) is 72.6 Å². The Bertz CT molecular complexity index is 984. The van der Waals surface area contributed by atoms with E-state index in [-0.39, 0.29) is 18.4 Å². The van der Waals surface area contributed by atoms with E-state index in [1.54, 1.807) is 42.2 Å². The Kier molecular flexibility index (Phi) is 4.33. The first-order valence-electron chi connectivity index (χ1n) is 8.57. The minimum atomic E-state index is -0.773. The molecule has 0 fully saturated rings. The minimum absolute atomic E-state index is 0.119. The molecule has 136 valence electrons. The molecule has 2 amide bonds. The number of anilines is 1. The average molecular weight is 362 g/mol. The molecule has 2 aromatic carbocycles. The van der Waals surface area contributed by atoms with Crippen molar-refractivity contribution in [2.75, 3.05) is 18.5 Å². The molecule has 2 heterocycles. The molecular formula is C20H18N4O3. The molecule has 27 heavy (non-hydrogen) atoms. The number of nitrogens with zero attached hydrogens (tertiary/aromatic N) is 3. The second-order valence-corrected chi connectivity index (χ2v) is 6.09. The summed E-state index contributed by atoms with van der Waals surface area (Å²) in [6.45, 7) is 0.119. The topological polar surface area (TPSA) is 76.5 Å². The number of para-hydroxylation sites is 3. The number of fused-ring (bicyclic) bond motifs is 1. The van der Waals surface area contributed by atoms with Crippen molar-refractivity contribution < 1.29 is 14.3 Å². The summed E-state index contributed by atoms with van der Waals surface area (Å²) < 4.78 is 7.39. The zero-order valence-corrected chi connectivity index (χ0v) is 14.7. The van der Waals surface area contributed by atoms with E-state index < -0.39 is 6.10 Å². The first-order chi connectivity index (χ1) is 13.2. The fourth-order valence-corrected chi connectivity index (χ4v) is 3.03. The Labute approximate surface area is 156 Å². The van der Waals surface area contributed by atoms with E-state index in [4.69, 9.17) is 4.74 Å². The quantitative estimate of drug-likeness (QED) is 0.773. The number of ether oxygens (including phenoxy) is 1. The zero-order chi connectivity index (χ0) is 18.8. The van der Waals surface area contributed by atoms with Crippen LogP contribution in [0.1, 0.15) is 10.5 Å². The highest BCUT2D eigenvalue weighted by atomic mass is 16.5.